The van der Waals surface area contributed by atoms with Crippen LogP contribution in [0.2, 0.25) is 25.7 Å². The summed E-state index contributed by atoms with van der Waals surface area (Å²) in [5.41, 5.74) is 3.64. The number of aliphatic hydroxyl groups is 1. The third-order valence-corrected chi connectivity index (χ3v) is 9.87. The SMILES string of the molecule is COCOc1ccc(/C=C\C(=O)OCC[Si](C)(C)C)cc1-c1cc(OC)c(OC)cc1[C@@H]1C[C@@H](O)C[C@H]2CCCCN21. The first-order chi connectivity index (χ1) is 20.1. The molecule has 2 saturated heterocycles. The third kappa shape index (κ3) is 8.16. The van der Waals surface area contributed by atoms with E-state index in [1.54, 1.807) is 27.4 Å². The van der Waals surface area contributed by atoms with Gasteiger partial charge >= 0.3 is 5.97 Å². The number of ether oxygens (including phenoxy) is 5. The molecule has 2 aromatic carbocycles. The van der Waals surface area contributed by atoms with Gasteiger partial charge in [-0.2, -0.15) is 0 Å². The molecule has 8 nitrogen and oxygen atoms in total. The predicted molar refractivity (Wildman–Crippen MR) is 168 cm³/mol. The van der Waals surface area contributed by atoms with Crippen molar-refractivity contribution in [3.05, 3.63) is 47.5 Å². The first-order valence-electron chi connectivity index (χ1n) is 14.9. The van der Waals surface area contributed by atoms with Gasteiger partial charge in [0.2, 0.25) is 0 Å². The van der Waals surface area contributed by atoms with Gasteiger partial charge in [0.15, 0.2) is 18.3 Å². The summed E-state index contributed by atoms with van der Waals surface area (Å²) in [5, 5.41) is 10.9. The summed E-state index contributed by atoms with van der Waals surface area (Å²) in [6.07, 6.45) is 7.72. The van der Waals surface area contributed by atoms with E-state index in [1.165, 1.54) is 12.5 Å². The van der Waals surface area contributed by atoms with Gasteiger partial charge in [0.1, 0.15) is 5.75 Å². The third-order valence-electron chi connectivity index (χ3n) is 8.16. The summed E-state index contributed by atoms with van der Waals surface area (Å²) in [6.45, 7) is 8.29. The average molecular weight is 598 g/mol. The second-order valence-corrected chi connectivity index (χ2v) is 18.1. The van der Waals surface area contributed by atoms with E-state index >= 15 is 0 Å². The number of benzene rings is 2. The van der Waals surface area contributed by atoms with Crippen molar-refractivity contribution in [1.82, 2.24) is 4.90 Å². The second kappa shape index (κ2) is 14.6. The Balaban J connectivity index is 1.76. The maximum absolute atomic E-state index is 12.5. The van der Waals surface area contributed by atoms with Crippen molar-refractivity contribution in [1.29, 1.82) is 0 Å². The summed E-state index contributed by atoms with van der Waals surface area (Å²) >= 11 is 0. The van der Waals surface area contributed by atoms with Crippen molar-refractivity contribution in [2.45, 2.75) is 76.0 Å². The van der Waals surface area contributed by atoms with Gasteiger partial charge < -0.3 is 28.8 Å². The number of rotatable bonds is 12. The molecule has 0 aromatic heterocycles. The molecule has 3 atom stereocenters. The van der Waals surface area contributed by atoms with Gasteiger partial charge in [0, 0.05) is 38.9 Å². The lowest BCUT2D eigenvalue weighted by molar-refractivity contribution is -0.137. The quantitative estimate of drug-likeness (QED) is 0.132. The number of esters is 1. The van der Waals surface area contributed by atoms with Crippen molar-refractivity contribution in [3.8, 4) is 28.4 Å². The number of nitrogens with zero attached hydrogens (tertiary/aromatic N) is 1. The zero-order valence-corrected chi connectivity index (χ0v) is 27.0. The van der Waals surface area contributed by atoms with Crippen LogP contribution >= 0.6 is 0 Å². The van der Waals surface area contributed by atoms with Gasteiger partial charge in [0.05, 0.1) is 26.9 Å². The van der Waals surface area contributed by atoms with Crippen LogP contribution in [0.1, 0.15) is 49.3 Å². The van der Waals surface area contributed by atoms with Crippen LogP contribution in [0.4, 0.5) is 0 Å². The van der Waals surface area contributed by atoms with Crippen molar-refractivity contribution in [2.75, 3.05) is 41.3 Å². The largest absolute Gasteiger partial charge is 0.493 e. The molecule has 42 heavy (non-hydrogen) atoms. The van der Waals surface area contributed by atoms with E-state index in [-0.39, 0.29) is 24.9 Å². The Morgan fingerprint density at radius 1 is 1.00 bits per heavy atom. The molecule has 9 heteroatoms. The second-order valence-electron chi connectivity index (χ2n) is 12.4. The normalized spacial score (nSPS) is 21.2. The zero-order chi connectivity index (χ0) is 30.3. The number of aliphatic hydroxyl groups excluding tert-OH is 1. The smallest absolute Gasteiger partial charge is 0.330 e. The Morgan fingerprint density at radius 2 is 1.76 bits per heavy atom. The molecule has 2 fully saturated rings. The van der Waals surface area contributed by atoms with E-state index in [4.69, 9.17) is 23.7 Å². The molecule has 2 aliphatic heterocycles. The van der Waals surface area contributed by atoms with Gasteiger partial charge in [-0.05, 0) is 85.3 Å². The number of piperidine rings is 2. The van der Waals surface area contributed by atoms with E-state index in [1.807, 2.05) is 30.3 Å². The van der Waals surface area contributed by atoms with Crippen molar-refractivity contribution in [3.63, 3.8) is 0 Å². The molecule has 2 heterocycles. The molecular weight excluding hydrogens is 550 g/mol. The standard InChI is InChI=1S/C33H47NO7Si/c1-37-22-41-30-12-10-23(11-13-33(36)40-15-16-42(4,5)6)17-28(30)26-20-31(38-2)32(39-3)21-27(26)29-19-25(35)18-24-9-7-8-14-34(24)29/h10-13,17,20-21,24-25,29,35H,7-9,14-16,18-19,22H2,1-6H3/b13-11-/t24-,25+,29+/m1/s1. The van der Waals surface area contributed by atoms with Gasteiger partial charge in [-0.25, -0.2) is 4.79 Å². The minimum Gasteiger partial charge on any atom is -0.493 e. The Hall–Kier alpha value is -2.85. The van der Waals surface area contributed by atoms with E-state index in [0.29, 0.717) is 36.3 Å². The highest BCUT2D eigenvalue weighted by Gasteiger charge is 2.38. The first kappa shape index (κ1) is 32.1. The average Bonchev–Trinajstić information content (AvgIpc) is 2.97. The molecule has 0 amide bonds. The lowest BCUT2D eigenvalue weighted by Gasteiger charge is -2.47. The van der Waals surface area contributed by atoms with Crippen molar-refractivity contribution >= 4 is 20.1 Å². The fourth-order valence-electron chi connectivity index (χ4n) is 5.98. The topological polar surface area (TPSA) is 86.7 Å². The van der Waals surface area contributed by atoms with Gasteiger partial charge in [-0.1, -0.05) is 32.1 Å². The van der Waals surface area contributed by atoms with Gasteiger partial charge in [-0.15, -0.1) is 0 Å². The summed E-state index contributed by atoms with van der Waals surface area (Å²) in [4.78, 5) is 15.0. The Kier molecular flexibility index (Phi) is 11.1. The van der Waals surface area contributed by atoms with E-state index in [0.717, 1.165) is 54.1 Å². The number of fused-ring (bicyclic) bond motifs is 1. The van der Waals surface area contributed by atoms with E-state index in [9.17, 15) is 9.90 Å². The van der Waals surface area contributed by atoms with Crippen LogP contribution in [0, 0.1) is 0 Å². The molecule has 0 saturated carbocycles. The Labute approximate surface area is 251 Å². The van der Waals surface area contributed by atoms with Crippen molar-refractivity contribution in [2.24, 2.45) is 0 Å². The molecule has 1 N–H and O–H groups in total. The molecule has 230 valence electrons. The Bertz CT molecular complexity index is 1240. The fourth-order valence-corrected chi connectivity index (χ4v) is 6.69. The highest BCUT2D eigenvalue weighted by atomic mass is 28.3. The Morgan fingerprint density at radius 3 is 2.48 bits per heavy atom. The number of hydrogen-bond donors (Lipinski definition) is 1. The maximum atomic E-state index is 12.5. The summed E-state index contributed by atoms with van der Waals surface area (Å²) in [7, 11) is 3.57. The molecule has 0 bridgehead atoms. The molecule has 0 unspecified atom stereocenters. The van der Waals surface area contributed by atoms with Crippen LogP contribution in [0.3, 0.4) is 0 Å². The predicted octanol–water partition coefficient (Wildman–Crippen LogP) is 6.30. The van der Waals surface area contributed by atoms with Crippen LogP contribution in [-0.4, -0.2) is 77.5 Å². The summed E-state index contributed by atoms with van der Waals surface area (Å²) in [6, 6.07) is 11.1. The first-order valence-corrected chi connectivity index (χ1v) is 18.6. The van der Waals surface area contributed by atoms with Gasteiger partial charge in [-0.3, -0.25) is 4.90 Å². The highest BCUT2D eigenvalue weighted by molar-refractivity contribution is 6.76. The minimum atomic E-state index is -1.29. The zero-order valence-electron chi connectivity index (χ0n) is 26.0. The minimum absolute atomic E-state index is 0.00433. The van der Waals surface area contributed by atoms with E-state index < -0.39 is 8.07 Å². The number of methoxy groups -OCH3 is 3. The van der Waals surface area contributed by atoms with Crippen LogP contribution in [0.15, 0.2) is 36.4 Å². The monoisotopic (exact) mass is 597 g/mol. The number of hydrogen-bond acceptors (Lipinski definition) is 8. The number of carbonyl (C=O) groups is 1. The highest BCUT2D eigenvalue weighted by Crippen LogP contribution is 2.47. The molecule has 2 aliphatic rings. The molecule has 0 radical (unpaired) electrons. The fraction of sp³-hybridized carbons (Fsp3) is 0.545. The lowest BCUT2D eigenvalue weighted by atomic mass is 9.82. The molecule has 2 aromatic rings. The van der Waals surface area contributed by atoms with Crippen LogP contribution in [0.25, 0.3) is 17.2 Å². The molecule has 0 aliphatic carbocycles. The van der Waals surface area contributed by atoms with Crippen LogP contribution in [0.5, 0.6) is 17.2 Å². The number of carbonyl (C=O) groups excluding carboxylic acids is 1. The van der Waals surface area contributed by atoms with E-state index in [2.05, 4.69) is 24.5 Å². The summed E-state index contributed by atoms with van der Waals surface area (Å²) < 4.78 is 28.2. The summed E-state index contributed by atoms with van der Waals surface area (Å²) in [5.74, 6) is 1.54. The molecular formula is C33H47NO7Si. The van der Waals surface area contributed by atoms with Crippen LogP contribution in [-0.2, 0) is 14.3 Å². The van der Waals surface area contributed by atoms with Crippen molar-refractivity contribution < 1.29 is 33.6 Å². The lowest BCUT2D eigenvalue weighted by Crippen LogP contribution is -2.48. The molecule has 0 spiro atoms. The van der Waals surface area contributed by atoms with Gasteiger partial charge in [0.25, 0.3) is 0 Å². The van der Waals surface area contributed by atoms with Crippen LogP contribution < -0.4 is 14.2 Å². The molecule has 4 rings (SSSR count). The maximum Gasteiger partial charge on any atom is 0.330 e.